The molecule has 0 bridgehead atoms. The molecule has 25 heavy (non-hydrogen) atoms. The fourth-order valence-electron chi connectivity index (χ4n) is 3.06. The van der Waals surface area contributed by atoms with E-state index in [-0.39, 0.29) is 12.7 Å². The van der Waals surface area contributed by atoms with Gasteiger partial charge in [0, 0.05) is 25.2 Å². The normalized spacial score (nSPS) is 12.3. The molecular weight excluding hydrogens is 316 g/mol. The lowest BCUT2D eigenvalue weighted by atomic mass is 10.1. The van der Waals surface area contributed by atoms with Gasteiger partial charge in [0.25, 0.3) is 0 Å². The van der Waals surface area contributed by atoms with Crippen molar-refractivity contribution in [2.24, 2.45) is 0 Å². The van der Waals surface area contributed by atoms with Crippen LogP contribution in [0.25, 0.3) is 0 Å². The minimum absolute atomic E-state index is 0.0215. The molecule has 132 valence electrons. The first-order valence-corrected chi connectivity index (χ1v) is 8.50. The van der Waals surface area contributed by atoms with Gasteiger partial charge in [-0.2, -0.15) is 0 Å². The second kappa shape index (κ2) is 7.57. The van der Waals surface area contributed by atoms with E-state index < -0.39 is 0 Å². The number of fused-ring (bicyclic) bond motifs is 1. The molecule has 0 fully saturated rings. The number of rotatable bonds is 6. The molecule has 0 atom stereocenters. The van der Waals surface area contributed by atoms with E-state index in [1.54, 1.807) is 0 Å². The molecule has 3 rings (SSSR count). The van der Waals surface area contributed by atoms with Crippen LogP contribution in [0.3, 0.4) is 0 Å². The molecule has 1 heterocycles. The number of ether oxygens (including phenoxy) is 2. The minimum atomic E-state index is 0.0215. The summed E-state index contributed by atoms with van der Waals surface area (Å²) in [5.41, 5.74) is 5.43. The molecule has 2 aromatic carbocycles. The van der Waals surface area contributed by atoms with Crippen LogP contribution in [-0.4, -0.2) is 19.2 Å². The fourth-order valence-corrected chi connectivity index (χ4v) is 3.06. The van der Waals surface area contributed by atoms with Crippen molar-refractivity contribution in [2.75, 3.05) is 18.7 Å². The molecule has 2 aromatic rings. The van der Waals surface area contributed by atoms with Crippen molar-refractivity contribution in [3.63, 3.8) is 0 Å². The lowest BCUT2D eigenvalue weighted by Gasteiger charge is -2.13. The topological polar surface area (TPSA) is 59.6 Å². The van der Waals surface area contributed by atoms with E-state index in [1.807, 2.05) is 32.0 Å². The van der Waals surface area contributed by atoms with Gasteiger partial charge in [0.05, 0.1) is 0 Å². The summed E-state index contributed by atoms with van der Waals surface area (Å²) in [4.78, 5) is 12.2. The highest BCUT2D eigenvalue weighted by Crippen LogP contribution is 2.32. The Bertz CT molecular complexity index is 764. The summed E-state index contributed by atoms with van der Waals surface area (Å²) in [6.45, 7) is 7.69. The molecule has 1 aliphatic rings. The first-order chi connectivity index (χ1) is 12.0. The second-order valence-electron chi connectivity index (χ2n) is 6.44. The van der Waals surface area contributed by atoms with Gasteiger partial charge in [0.15, 0.2) is 11.5 Å². The standard InChI is InChI=1S/C20H24N2O3/c1-13-8-14(2)20(15(3)9-13)22-19(23)6-7-21-11-16-4-5-17-18(10-16)25-12-24-17/h4-5,8-10,21H,6-7,11-12H2,1-3H3,(H,22,23). The van der Waals surface area contributed by atoms with E-state index in [2.05, 4.69) is 29.7 Å². The number of carbonyl (C=O) groups is 1. The summed E-state index contributed by atoms with van der Waals surface area (Å²) in [6.07, 6.45) is 0.428. The van der Waals surface area contributed by atoms with E-state index in [0.717, 1.165) is 33.9 Å². The van der Waals surface area contributed by atoms with Gasteiger partial charge < -0.3 is 20.1 Å². The van der Waals surface area contributed by atoms with Gasteiger partial charge in [-0.15, -0.1) is 0 Å². The second-order valence-corrected chi connectivity index (χ2v) is 6.44. The highest BCUT2D eigenvalue weighted by atomic mass is 16.7. The molecule has 0 saturated heterocycles. The molecular formula is C20H24N2O3. The van der Waals surface area contributed by atoms with Gasteiger partial charge in [0.2, 0.25) is 12.7 Å². The maximum absolute atomic E-state index is 12.2. The van der Waals surface area contributed by atoms with Gasteiger partial charge in [-0.3, -0.25) is 4.79 Å². The third-order valence-electron chi connectivity index (χ3n) is 4.24. The fraction of sp³-hybridized carbons (Fsp3) is 0.350. The van der Waals surface area contributed by atoms with E-state index in [0.29, 0.717) is 19.5 Å². The Labute approximate surface area is 148 Å². The quantitative estimate of drug-likeness (QED) is 0.791. The van der Waals surface area contributed by atoms with Crippen LogP contribution in [-0.2, 0) is 11.3 Å². The van der Waals surface area contributed by atoms with E-state index in [1.165, 1.54) is 5.56 Å². The molecule has 2 N–H and O–H groups in total. The number of hydrogen-bond donors (Lipinski definition) is 2. The van der Waals surface area contributed by atoms with Crippen molar-refractivity contribution < 1.29 is 14.3 Å². The minimum Gasteiger partial charge on any atom is -0.454 e. The van der Waals surface area contributed by atoms with Crippen LogP contribution in [0.15, 0.2) is 30.3 Å². The van der Waals surface area contributed by atoms with E-state index in [4.69, 9.17) is 9.47 Å². The van der Waals surface area contributed by atoms with Crippen LogP contribution in [0.2, 0.25) is 0 Å². The van der Waals surface area contributed by atoms with Crippen molar-refractivity contribution in [1.82, 2.24) is 5.32 Å². The van der Waals surface area contributed by atoms with Crippen LogP contribution in [0.4, 0.5) is 5.69 Å². The van der Waals surface area contributed by atoms with Gasteiger partial charge in [0.1, 0.15) is 0 Å². The van der Waals surface area contributed by atoms with Gasteiger partial charge in [-0.1, -0.05) is 23.8 Å². The maximum atomic E-state index is 12.2. The number of carbonyl (C=O) groups excluding carboxylic acids is 1. The molecule has 1 aliphatic heterocycles. The highest BCUT2D eigenvalue weighted by molar-refractivity contribution is 5.92. The summed E-state index contributed by atoms with van der Waals surface area (Å²) in [7, 11) is 0. The third kappa shape index (κ3) is 4.31. The van der Waals surface area contributed by atoms with Crippen LogP contribution in [0.1, 0.15) is 28.7 Å². The van der Waals surface area contributed by atoms with Crippen molar-refractivity contribution in [3.05, 3.63) is 52.6 Å². The Hall–Kier alpha value is -2.53. The number of aryl methyl sites for hydroxylation is 3. The highest BCUT2D eigenvalue weighted by Gasteiger charge is 2.13. The Balaban J connectivity index is 1.45. The van der Waals surface area contributed by atoms with E-state index in [9.17, 15) is 4.79 Å². The molecule has 0 aliphatic carbocycles. The molecule has 5 nitrogen and oxygen atoms in total. The number of nitrogens with one attached hydrogen (secondary N) is 2. The summed E-state index contributed by atoms with van der Waals surface area (Å²) in [5, 5.41) is 6.31. The molecule has 0 radical (unpaired) electrons. The Morgan fingerprint density at radius 3 is 2.52 bits per heavy atom. The summed E-state index contributed by atoms with van der Waals surface area (Å²) >= 11 is 0. The average molecular weight is 340 g/mol. The van der Waals surface area contributed by atoms with Gasteiger partial charge >= 0.3 is 0 Å². The summed E-state index contributed by atoms with van der Waals surface area (Å²) < 4.78 is 10.7. The molecule has 0 aromatic heterocycles. The Morgan fingerprint density at radius 1 is 1.04 bits per heavy atom. The van der Waals surface area contributed by atoms with Crippen molar-refractivity contribution >= 4 is 11.6 Å². The van der Waals surface area contributed by atoms with Crippen molar-refractivity contribution in [3.8, 4) is 11.5 Å². The predicted octanol–water partition coefficient (Wildman–Crippen LogP) is 3.46. The van der Waals surface area contributed by atoms with Crippen LogP contribution in [0, 0.1) is 20.8 Å². The van der Waals surface area contributed by atoms with Crippen LogP contribution >= 0.6 is 0 Å². The SMILES string of the molecule is Cc1cc(C)c(NC(=O)CCNCc2ccc3c(c2)OCO3)c(C)c1. The van der Waals surface area contributed by atoms with Crippen molar-refractivity contribution in [2.45, 2.75) is 33.7 Å². The Morgan fingerprint density at radius 2 is 1.76 bits per heavy atom. The third-order valence-corrected chi connectivity index (χ3v) is 4.24. The number of hydrogen-bond acceptors (Lipinski definition) is 4. The number of benzene rings is 2. The smallest absolute Gasteiger partial charge is 0.231 e. The number of anilines is 1. The summed E-state index contributed by atoms with van der Waals surface area (Å²) in [6, 6.07) is 10.0. The zero-order chi connectivity index (χ0) is 17.8. The maximum Gasteiger partial charge on any atom is 0.231 e. The monoisotopic (exact) mass is 340 g/mol. The molecule has 5 heteroatoms. The average Bonchev–Trinajstić information content (AvgIpc) is 3.02. The summed E-state index contributed by atoms with van der Waals surface area (Å²) in [5.74, 6) is 1.59. The molecule has 0 spiro atoms. The zero-order valence-electron chi connectivity index (χ0n) is 14.9. The molecule has 0 unspecified atom stereocenters. The zero-order valence-corrected chi connectivity index (χ0v) is 14.9. The van der Waals surface area contributed by atoms with Gasteiger partial charge in [-0.25, -0.2) is 0 Å². The number of amides is 1. The first kappa shape index (κ1) is 17.3. The first-order valence-electron chi connectivity index (χ1n) is 8.50. The largest absolute Gasteiger partial charge is 0.454 e. The van der Waals surface area contributed by atoms with Crippen LogP contribution < -0.4 is 20.1 Å². The predicted molar refractivity (Wildman–Crippen MR) is 98.2 cm³/mol. The molecule has 1 amide bonds. The molecule has 0 saturated carbocycles. The van der Waals surface area contributed by atoms with Gasteiger partial charge in [-0.05, 0) is 49.6 Å². The van der Waals surface area contributed by atoms with E-state index >= 15 is 0 Å². The lowest BCUT2D eigenvalue weighted by molar-refractivity contribution is -0.116. The Kier molecular flexibility index (Phi) is 5.24. The lowest BCUT2D eigenvalue weighted by Crippen LogP contribution is -2.22. The van der Waals surface area contributed by atoms with Crippen molar-refractivity contribution in [1.29, 1.82) is 0 Å². The van der Waals surface area contributed by atoms with Crippen LogP contribution in [0.5, 0.6) is 11.5 Å².